The van der Waals surface area contributed by atoms with Crippen LogP contribution < -0.4 is 10.6 Å². The fraction of sp³-hybridized carbons (Fsp3) is 0.400. The van der Waals surface area contributed by atoms with E-state index in [-0.39, 0.29) is 23.6 Å². The molecule has 170 valence electrons. The molecule has 0 aromatic heterocycles. The Labute approximate surface area is 197 Å². The van der Waals surface area contributed by atoms with Crippen LogP contribution in [0, 0.1) is 12.8 Å². The van der Waals surface area contributed by atoms with Crippen molar-refractivity contribution in [1.29, 1.82) is 0 Å². The highest BCUT2D eigenvalue weighted by Gasteiger charge is 2.34. The maximum Gasteiger partial charge on any atom is 0.253 e. The molecular weight excluding hydrogens is 470 g/mol. The summed E-state index contributed by atoms with van der Waals surface area (Å²) in [5.41, 5.74) is 2.25. The number of hydrogen-bond donors (Lipinski definition) is 2. The lowest BCUT2D eigenvalue weighted by atomic mass is 9.88. The second-order valence-corrected chi connectivity index (χ2v) is 9.16. The van der Waals surface area contributed by atoms with E-state index in [1.807, 2.05) is 55.1 Å². The molecule has 0 unspecified atom stereocenters. The van der Waals surface area contributed by atoms with Crippen LogP contribution in [0.4, 0.5) is 0 Å². The number of hydrogen-bond acceptors (Lipinski definition) is 3. The number of carbonyl (C=O) groups is 3. The highest BCUT2D eigenvalue weighted by molar-refractivity contribution is 9.10. The molecule has 32 heavy (non-hydrogen) atoms. The van der Waals surface area contributed by atoms with E-state index in [0.717, 1.165) is 16.5 Å². The third-order valence-corrected chi connectivity index (χ3v) is 6.30. The van der Waals surface area contributed by atoms with E-state index in [2.05, 4.69) is 26.6 Å². The standard InChI is InChI=1S/C25H30BrN3O3/c1-3-13-27-24(31)22(28-23(30)19-9-7-17(2)8-10-19)18-11-14-29(15-12-18)25(32)20-5-4-6-21(26)16-20/h4-10,16,18,22H,3,11-15H2,1-2H3,(H,27,31)(H,28,30)/t22-/m0/s1. The van der Waals surface area contributed by atoms with Gasteiger partial charge in [-0.3, -0.25) is 14.4 Å². The van der Waals surface area contributed by atoms with Crippen LogP contribution in [0.25, 0.3) is 0 Å². The minimum absolute atomic E-state index is 0.0135. The first-order valence-corrected chi connectivity index (χ1v) is 11.9. The highest BCUT2D eigenvalue weighted by atomic mass is 79.9. The summed E-state index contributed by atoms with van der Waals surface area (Å²) in [7, 11) is 0. The number of piperidine rings is 1. The van der Waals surface area contributed by atoms with Crippen LogP contribution in [0.15, 0.2) is 53.0 Å². The highest BCUT2D eigenvalue weighted by Crippen LogP contribution is 2.24. The molecule has 3 rings (SSSR count). The minimum Gasteiger partial charge on any atom is -0.354 e. The van der Waals surface area contributed by atoms with E-state index < -0.39 is 6.04 Å². The molecule has 1 fully saturated rings. The molecule has 1 heterocycles. The number of rotatable bonds is 7. The number of carbonyl (C=O) groups excluding carboxylic acids is 3. The molecule has 0 saturated carbocycles. The van der Waals surface area contributed by atoms with E-state index in [1.54, 1.807) is 12.1 Å². The summed E-state index contributed by atoms with van der Waals surface area (Å²) in [4.78, 5) is 40.4. The molecule has 0 spiro atoms. The Hall–Kier alpha value is -2.67. The molecule has 2 aromatic carbocycles. The van der Waals surface area contributed by atoms with E-state index in [9.17, 15) is 14.4 Å². The summed E-state index contributed by atoms with van der Waals surface area (Å²) in [5, 5.41) is 5.88. The number of halogens is 1. The van der Waals surface area contributed by atoms with Gasteiger partial charge in [-0.1, -0.05) is 46.6 Å². The Kier molecular flexibility index (Phi) is 8.45. The van der Waals surface area contributed by atoms with Gasteiger partial charge in [0, 0.05) is 35.2 Å². The van der Waals surface area contributed by atoms with Gasteiger partial charge in [0.25, 0.3) is 11.8 Å². The van der Waals surface area contributed by atoms with Crippen molar-refractivity contribution in [2.24, 2.45) is 5.92 Å². The van der Waals surface area contributed by atoms with E-state index in [1.165, 1.54) is 0 Å². The van der Waals surface area contributed by atoms with E-state index in [0.29, 0.717) is 43.6 Å². The molecule has 1 aliphatic heterocycles. The zero-order valence-electron chi connectivity index (χ0n) is 18.6. The van der Waals surface area contributed by atoms with Crippen molar-refractivity contribution in [2.45, 2.75) is 39.2 Å². The van der Waals surface area contributed by atoms with Gasteiger partial charge in [0.2, 0.25) is 5.91 Å². The number of nitrogens with zero attached hydrogens (tertiary/aromatic N) is 1. The maximum atomic E-state index is 12.9. The van der Waals surface area contributed by atoms with Gasteiger partial charge in [-0.25, -0.2) is 0 Å². The first-order valence-electron chi connectivity index (χ1n) is 11.1. The Morgan fingerprint density at radius 3 is 2.38 bits per heavy atom. The Bertz CT molecular complexity index is 953. The summed E-state index contributed by atoms with van der Waals surface area (Å²) >= 11 is 3.41. The molecule has 3 amide bonds. The summed E-state index contributed by atoms with van der Waals surface area (Å²) in [6.07, 6.45) is 2.13. The zero-order chi connectivity index (χ0) is 23.1. The topological polar surface area (TPSA) is 78.5 Å². The molecule has 1 saturated heterocycles. The number of benzene rings is 2. The molecule has 1 atom stereocenters. The van der Waals surface area contributed by atoms with Crippen LogP contribution >= 0.6 is 15.9 Å². The van der Waals surface area contributed by atoms with Crippen molar-refractivity contribution in [3.63, 3.8) is 0 Å². The van der Waals surface area contributed by atoms with Gasteiger partial charge in [-0.05, 0) is 62.4 Å². The van der Waals surface area contributed by atoms with E-state index >= 15 is 0 Å². The second-order valence-electron chi connectivity index (χ2n) is 8.25. The Morgan fingerprint density at radius 2 is 1.75 bits per heavy atom. The maximum absolute atomic E-state index is 12.9. The van der Waals surface area contributed by atoms with Crippen LogP contribution in [-0.2, 0) is 4.79 Å². The monoisotopic (exact) mass is 499 g/mol. The average molecular weight is 500 g/mol. The Morgan fingerprint density at radius 1 is 1.06 bits per heavy atom. The molecule has 0 bridgehead atoms. The fourth-order valence-electron chi connectivity index (χ4n) is 3.93. The number of nitrogens with one attached hydrogen (secondary N) is 2. The second kappa shape index (κ2) is 11.3. The molecule has 1 aliphatic rings. The normalized spacial score (nSPS) is 15.2. The molecule has 2 aromatic rings. The molecule has 6 nitrogen and oxygen atoms in total. The SMILES string of the molecule is CCCNC(=O)[C@@H](NC(=O)c1ccc(C)cc1)C1CCN(C(=O)c2cccc(Br)c2)CC1. The fourth-order valence-corrected chi connectivity index (χ4v) is 4.32. The van der Waals surface area contributed by atoms with Crippen molar-refractivity contribution in [3.05, 3.63) is 69.7 Å². The molecular formula is C25H30BrN3O3. The van der Waals surface area contributed by atoms with Gasteiger partial charge >= 0.3 is 0 Å². The van der Waals surface area contributed by atoms with Crippen molar-refractivity contribution in [2.75, 3.05) is 19.6 Å². The van der Waals surface area contributed by atoms with Gasteiger partial charge in [0.15, 0.2) is 0 Å². The van der Waals surface area contributed by atoms with Crippen molar-refractivity contribution in [1.82, 2.24) is 15.5 Å². The third kappa shape index (κ3) is 6.19. The van der Waals surface area contributed by atoms with Gasteiger partial charge in [-0.15, -0.1) is 0 Å². The first kappa shape index (κ1) is 24.0. The summed E-state index contributed by atoms with van der Waals surface area (Å²) in [5.74, 6) is -0.466. The van der Waals surface area contributed by atoms with Crippen molar-refractivity contribution >= 4 is 33.7 Å². The lowest BCUT2D eigenvalue weighted by molar-refractivity contribution is -0.124. The van der Waals surface area contributed by atoms with Crippen LogP contribution in [-0.4, -0.2) is 48.3 Å². The van der Waals surface area contributed by atoms with Gasteiger partial charge in [0.05, 0.1) is 0 Å². The van der Waals surface area contributed by atoms with Crippen LogP contribution in [0.3, 0.4) is 0 Å². The molecule has 0 radical (unpaired) electrons. The largest absolute Gasteiger partial charge is 0.354 e. The smallest absolute Gasteiger partial charge is 0.253 e. The molecule has 7 heteroatoms. The number of amides is 3. The number of aryl methyl sites for hydroxylation is 1. The predicted octanol–water partition coefficient (Wildman–Crippen LogP) is 3.93. The van der Waals surface area contributed by atoms with Gasteiger partial charge in [-0.2, -0.15) is 0 Å². The third-order valence-electron chi connectivity index (χ3n) is 5.80. The summed E-state index contributed by atoms with van der Waals surface area (Å²) < 4.78 is 0.865. The number of likely N-dealkylation sites (tertiary alicyclic amines) is 1. The lowest BCUT2D eigenvalue weighted by Gasteiger charge is -2.36. The zero-order valence-corrected chi connectivity index (χ0v) is 20.2. The summed E-state index contributed by atoms with van der Waals surface area (Å²) in [6.45, 7) is 5.62. The molecule has 0 aliphatic carbocycles. The quantitative estimate of drug-likeness (QED) is 0.605. The Balaban J connectivity index is 1.67. The van der Waals surface area contributed by atoms with Crippen LogP contribution in [0.2, 0.25) is 0 Å². The summed E-state index contributed by atoms with van der Waals surface area (Å²) in [6, 6.07) is 14.0. The van der Waals surface area contributed by atoms with Gasteiger partial charge < -0.3 is 15.5 Å². The minimum atomic E-state index is -0.626. The van der Waals surface area contributed by atoms with Crippen molar-refractivity contribution < 1.29 is 14.4 Å². The van der Waals surface area contributed by atoms with Crippen LogP contribution in [0.5, 0.6) is 0 Å². The van der Waals surface area contributed by atoms with E-state index in [4.69, 9.17) is 0 Å². The average Bonchev–Trinajstić information content (AvgIpc) is 2.81. The lowest BCUT2D eigenvalue weighted by Crippen LogP contribution is -2.54. The van der Waals surface area contributed by atoms with Gasteiger partial charge in [0.1, 0.15) is 6.04 Å². The predicted molar refractivity (Wildman–Crippen MR) is 129 cm³/mol. The molecule has 2 N–H and O–H groups in total. The first-order chi connectivity index (χ1) is 15.4. The van der Waals surface area contributed by atoms with Crippen molar-refractivity contribution in [3.8, 4) is 0 Å². The van der Waals surface area contributed by atoms with Crippen LogP contribution in [0.1, 0.15) is 52.5 Å².